The number of quaternary nitrogens is 1. The zero-order chi connectivity index (χ0) is 60.5. The highest BCUT2D eigenvalue weighted by atomic mass is 31.2. The predicted octanol–water partition coefficient (Wildman–Crippen LogP) is 22.8. The van der Waals surface area contributed by atoms with Gasteiger partial charge < -0.3 is 18.9 Å². The van der Waals surface area contributed by atoms with Gasteiger partial charge in [-0.05, 0) is 64.2 Å². The largest absolute Gasteiger partial charge is 0.472 e. The summed E-state index contributed by atoms with van der Waals surface area (Å²) < 4.78 is 34.7. The lowest BCUT2D eigenvalue weighted by atomic mass is 10.0. The second-order valence-electron chi connectivity index (χ2n) is 24.9. The highest BCUT2D eigenvalue weighted by molar-refractivity contribution is 7.47. The van der Waals surface area contributed by atoms with E-state index in [2.05, 4.69) is 86.8 Å². The van der Waals surface area contributed by atoms with Crippen molar-refractivity contribution in [2.45, 2.75) is 335 Å². The molecule has 1 N–H and O–H groups in total. The van der Waals surface area contributed by atoms with Crippen molar-refractivity contribution in [3.63, 3.8) is 0 Å². The zero-order valence-corrected chi connectivity index (χ0v) is 56.1. The van der Waals surface area contributed by atoms with Crippen molar-refractivity contribution in [2.24, 2.45) is 0 Å². The summed E-state index contributed by atoms with van der Waals surface area (Å²) in [5.41, 5.74) is 0. The number of hydrogen-bond acceptors (Lipinski definition) is 7. The van der Waals surface area contributed by atoms with Gasteiger partial charge in [-0.2, -0.15) is 0 Å². The molecule has 0 aliphatic heterocycles. The number of allylic oxidation sites excluding steroid dienone is 12. The topological polar surface area (TPSA) is 108 Å². The molecule has 2 atom stereocenters. The van der Waals surface area contributed by atoms with Crippen molar-refractivity contribution in [3.05, 3.63) is 72.9 Å². The molecule has 0 aliphatic rings. The summed E-state index contributed by atoms with van der Waals surface area (Å²) in [4.78, 5) is 35.8. The first-order chi connectivity index (χ1) is 40.5. The van der Waals surface area contributed by atoms with Crippen LogP contribution in [0.3, 0.4) is 0 Å². The summed E-state index contributed by atoms with van der Waals surface area (Å²) in [6, 6.07) is 0. The van der Waals surface area contributed by atoms with Crippen molar-refractivity contribution in [3.8, 4) is 0 Å². The third kappa shape index (κ3) is 68.4. The van der Waals surface area contributed by atoms with Crippen LogP contribution in [0.25, 0.3) is 0 Å². The summed E-state index contributed by atoms with van der Waals surface area (Å²) in [6.07, 6.45) is 86.0. The van der Waals surface area contributed by atoms with E-state index in [9.17, 15) is 19.0 Å². The molecule has 0 amide bonds. The number of nitrogens with zero attached hydrogens (tertiary/aromatic N) is 1. The summed E-state index contributed by atoms with van der Waals surface area (Å²) in [6.45, 7) is 4.33. The Bertz CT molecular complexity index is 1630. The van der Waals surface area contributed by atoms with Crippen LogP contribution in [-0.2, 0) is 32.7 Å². The van der Waals surface area contributed by atoms with E-state index in [0.717, 1.165) is 83.5 Å². The van der Waals surface area contributed by atoms with Gasteiger partial charge in [0.15, 0.2) is 6.10 Å². The smallest absolute Gasteiger partial charge is 0.462 e. The molecule has 0 fully saturated rings. The van der Waals surface area contributed by atoms with E-state index in [-0.39, 0.29) is 32.0 Å². The molecule has 0 aromatic rings. The molecular formula is C73H135NO8P+. The van der Waals surface area contributed by atoms with Crippen LogP contribution in [0.2, 0.25) is 0 Å². The third-order valence-corrected chi connectivity index (χ3v) is 16.5. The van der Waals surface area contributed by atoms with Crippen LogP contribution in [0.1, 0.15) is 328 Å². The Balaban J connectivity index is 3.99. The van der Waals surface area contributed by atoms with Gasteiger partial charge in [-0.3, -0.25) is 18.6 Å². The molecule has 0 aromatic carbocycles. The lowest BCUT2D eigenvalue weighted by Crippen LogP contribution is -2.37. The van der Waals surface area contributed by atoms with Crippen molar-refractivity contribution in [1.29, 1.82) is 0 Å². The van der Waals surface area contributed by atoms with Gasteiger partial charge in [-0.25, -0.2) is 4.57 Å². The minimum absolute atomic E-state index is 0.0244. The molecule has 9 nitrogen and oxygen atoms in total. The SMILES string of the molecule is CC/C=C\C/C=C\C/C=C\C/C=C\C/C=C\C/C=C\CCCCCCC(=O)OC(COC(=O)CCCCCCCCCCCCCCCCCCCCCCCCCCCCCCCCCCCCCC)COP(=O)(O)OCC[N+](C)(C)C. The van der Waals surface area contributed by atoms with E-state index >= 15 is 0 Å². The van der Waals surface area contributed by atoms with Crippen molar-refractivity contribution in [2.75, 3.05) is 47.5 Å². The standard InChI is InChI=1S/C73H134NO8P/c1-6-8-10-12-14-16-18-20-22-24-26-28-30-31-32-33-34-35-36-37-38-39-40-41-42-44-45-47-49-51-53-55-57-59-61-63-65-72(75)79-69-71(70-81-83(77,78)80-68-67-74(3,4)5)82-73(76)66-64-62-60-58-56-54-52-50-48-46-43-29-27-25-23-21-19-17-15-13-11-9-7-2/h9,11,15,17,21,23,27,29,46,48,52,54,71H,6-8,10,12-14,16,18-20,22,24-26,28,30-45,47,49-51,53,55-70H2,1-5H3/p+1/b11-9-,17-15-,23-21-,29-27-,48-46-,54-52-. The highest BCUT2D eigenvalue weighted by Crippen LogP contribution is 2.43. The van der Waals surface area contributed by atoms with Gasteiger partial charge in [0.25, 0.3) is 0 Å². The zero-order valence-electron chi connectivity index (χ0n) is 55.2. The van der Waals surface area contributed by atoms with Gasteiger partial charge in [0.05, 0.1) is 27.7 Å². The number of hydrogen-bond donors (Lipinski definition) is 1. The highest BCUT2D eigenvalue weighted by Gasteiger charge is 2.27. The third-order valence-electron chi connectivity index (χ3n) is 15.5. The molecule has 0 saturated carbocycles. The molecule has 0 rings (SSSR count). The van der Waals surface area contributed by atoms with E-state index in [0.29, 0.717) is 17.4 Å². The van der Waals surface area contributed by atoms with Crippen molar-refractivity contribution in [1.82, 2.24) is 0 Å². The fraction of sp³-hybridized carbons (Fsp3) is 0.808. The van der Waals surface area contributed by atoms with Crippen LogP contribution in [0.5, 0.6) is 0 Å². The Morgan fingerprint density at radius 3 is 1.02 bits per heavy atom. The first kappa shape index (κ1) is 80.5. The van der Waals surface area contributed by atoms with Crippen molar-refractivity contribution < 1.29 is 42.1 Å². The van der Waals surface area contributed by atoms with Crippen LogP contribution in [0, 0.1) is 0 Å². The number of ether oxygens (including phenoxy) is 2. The first-order valence-corrected chi connectivity index (χ1v) is 36.7. The summed E-state index contributed by atoms with van der Waals surface area (Å²) in [7, 11) is 1.46. The van der Waals surface area contributed by atoms with Crippen molar-refractivity contribution >= 4 is 19.8 Å². The number of esters is 2. The lowest BCUT2D eigenvalue weighted by molar-refractivity contribution is -0.870. The average Bonchev–Trinajstić information content (AvgIpc) is 3.49. The average molecular weight is 1190 g/mol. The van der Waals surface area contributed by atoms with E-state index in [1.54, 1.807) is 0 Å². The number of likely N-dealkylation sites (N-methyl/N-ethyl adjacent to an activating group) is 1. The minimum atomic E-state index is -4.40. The molecule has 0 aromatic heterocycles. The number of phosphoric acid groups is 1. The van der Waals surface area contributed by atoms with Crippen LogP contribution in [0.4, 0.5) is 0 Å². The molecule has 0 radical (unpaired) electrons. The van der Waals surface area contributed by atoms with E-state index in [1.165, 1.54) is 212 Å². The van der Waals surface area contributed by atoms with Crippen LogP contribution in [-0.4, -0.2) is 74.9 Å². The molecular weight excluding hydrogens is 1050 g/mol. The quantitative estimate of drug-likeness (QED) is 0.0211. The maximum atomic E-state index is 12.8. The van der Waals surface area contributed by atoms with Gasteiger partial charge in [0, 0.05) is 12.8 Å². The molecule has 0 heterocycles. The van der Waals surface area contributed by atoms with Gasteiger partial charge in [0.1, 0.15) is 19.8 Å². The Morgan fingerprint density at radius 2 is 0.687 bits per heavy atom. The second kappa shape index (κ2) is 63.9. The molecule has 0 bridgehead atoms. The fourth-order valence-electron chi connectivity index (χ4n) is 10.1. The number of carbonyl (C=O) groups is 2. The fourth-order valence-corrected chi connectivity index (χ4v) is 10.9. The Labute approximate surface area is 514 Å². The van der Waals surface area contributed by atoms with Gasteiger partial charge >= 0.3 is 19.8 Å². The summed E-state index contributed by atoms with van der Waals surface area (Å²) >= 11 is 0. The summed E-state index contributed by atoms with van der Waals surface area (Å²) in [5.74, 6) is -0.817. The Hall–Kier alpha value is -2.55. The maximum absolute atomic E-state index is 12.8. The Morgan fingerprint density at radius 1 is 0.386 bits per heavy atom. The van der Waals surface area contributed by atoms with Gasteiger partial charge in [0.2, 0.25) is 0 Å². The molecule has 10 heteroatoms. The Kier molecular flexibility index (Phi) is 62.0. The number of unbranched alkanes of at least 4 members (excludes halogenated alkanes) is 39. The monoisotopic (exact) mass is 1180 g/mol. The first-order valence-electron chi connectivity index (χ1n) is 35.2. The van der Waals surface area contributed by atoms with Gasteiger partial charge in [-0.1, -0.05) is 324 Å². The van der Waals surface area contributed by atoms with Crippen LogP contribution < -0.4 is 0 Å². The molecule has 0 saturated heterocycles. The number of phosphoric ester groups is 1. The molecule has 484 valence electrons. The lowest BCUT2D eigenvalue weighted by Gasteiger charge is -2.24. The number of carbonyl (C=O) groups excluding carboxylic acids is 2. The molecule has 83 heavy (non-hydrogen) atoms. The molecule has 2 unspecified atom stereocenters. The van der Waals surface area contributed by atoms with Crippen LogP contribution >= 0.6 is 7.82 Å². The predicted molar refractivity (Wildman–Crippen MR) is 358 cm³/mol. The normalized spacial score (nSPS) is 13.6. The van der Waals surface area contributed by atoms with Crippen LogP contribution in [0.15, 0.2) is 72.9 Å². The second-order valence-corrected chi connectivity index (χ2v) is 26.4. The van der Waals surface area contributed by atoms with Gasteiger partial charge in [-0.15, -0.1) is 0 Å². The van der Waals surface area contributed by atoms with E-state index < -0.39 is 26.5 Å². The maximum Gasteiger partial charge on any atom is 0.472 e. The van der Waals surface area contributed by atoms with E-state index in [1.807, 2.05) is 21.1 Å². The minimum Gasteiger partial charge on any atom is -0.462 e. The number of rotatable bonds is 65. The molecule has 0 spiro atoms. The van der Waals surface area contributed by atoms with E-state index in [4.69, 9.17) is 18.5 Å². The molecule has 0 aliphatic carbocycles. The summed E-state index contributed by atoms with van der Waals surface area (Å²) in [5, 5.41) is 0.